The Kier molecular flexibility index (Phi) is 7.79. The average molecular weight is 459 g/mol. The van der Waals surface area contributed by atoms with Crippen LogP contribution in [0.5, 0.6) is 5.75 Å². The summed E-state index contributed by atoms with van der Waals surface area (Å²) in [7, 11) is 1.57. The third-order valence-corrected chi connectivity index (χ3v) is 5.95. The highest BCUT2D eigenvalue weighted by molar-refractivity contribution is 8.00. The Bertz CT molecular complexity index is 1030. The third kappa shape index (κ3) is 5.92. The molecule has 11 heteroatoms. The van der Waals surface area contributed by atoms with Crippen molar-refractivity contribution in [2.24, 2.45) is 0 Å². The van der Waals surface area contributed by atoms with Gasteiger partial charge in [0, 0.05) is 23.7 Å². The Labute approximate surface area is 187 Å². The van der Waals surface area contributed by atoms with E-state index < -0.39 is 5.25 Å². The fraction of sp³-hybridized carbons (Fsp3) is 0.250. The van der Waals surface area contributed by atoms with E-state index in [1.54, 1.807) is 56.0 Å². The predicted octanol–water partition coefficient (Wildman–Crippen LogP) is 2.98. The summed E-state index contributed by atoms with van der Waals surface area (Å²) >= 11 is 2.63. The summed E-state index contributed by atoms with van der Waals surface area (Å²) < 4.78 is 6.92. The minimum atomic E-state index is -0.418. The number of carbonyl (C=O) groups excluding carboxylic acids is 2. The monoisotopic (exact) mass is 458 g/mol. The van der Waals surface area contributed by atoms with Crippen LogP contribution in [0.4, 0.5) is 5.13 Å². The van der Waals surface area contributed by atoms with Crippen molar-refractivity contribution < 1.29 is 14.3 Å². The molecule has 3 rings (SSSR count). The van der Waals surface area contributed by atoms with Crippen LogP contribution in [0.3, 0.4) is 0 Å². The Balaban J connectivity index is 1.64. The molecule has 3 aromatic rings. The number of allylic oxidation sites excluding steroid dienone is 1. The minimum absolute atomic E-state index is 0.178. The second-order valence-corrected chi connectivity index (χ2v) is 8.50. The molecule has 162 valence electrons. The summed E-state index contributed by atoms with van der Waals surface area (Å²) in [5.74, 6) is 0.831. The molecule has 0 bridgehead atoms. The van der Waals surface area contributed by atoms with E-state index in [4.69, 9.17) is 4.74 Å². The van der Waals surface area contributed by atoms with E-state index in [1.807, 2.05) is 4.57 Å². The largest absolute Gasteiger partial charge is 0.497 e. The van der Waals surface area contributed by atoms with Crippen molar-refractivity contribution in [3.8, 4) is 5.75 Å². The average Bonchev–Trinajstić information content (AvgIpc) is 3.42. The lowest BCUT2D eigenvalue weighted by Gasteiger charge is -2.12. The molecule has 1 atom stereocenters. The molecule has 0 saturated carbocycles. The molecule has 2 aromatic heterocycles. The van der Waals surface area contributed by atoms with Crippen LogP contribution in [0.25, 0.3) is 0 Å². The van der Waals surface area contributed by atoms with Gasteiger partial charge in [0.2, 0.25) is 5.91 Å². The van der Waals surface area contributed by atoms with Gasteiger partial charge in [0.25, 0.3) is 5.91 Å². The van der Waals surface area contributed by atoms with Crippen LogP contribution >= 0.6 is 23.1 Å². The topological polar surface area (TPSA) is 111 Å². The Morgan fingerprint density at radius 1 is 1.32 bits per heavy atom. The number of nitrogens with one attached hydrogen (secondary N) is 2. The van der Waals surface area contributed by atoms with Crippen molar-refractivity contribution in [3.05, 3.63) is 59.9 Å². The molecule has 1 aromatic carbocycles. The van der Waals surface area contributed by atoms with E-state index in [1.165, 1.54) is 23.1 Å². The van der Waals surface area contributed by atoms with Crippen LogP contribution in [0.15, 0.2) is 53.7 Å². The van der Waals surface area contributed by atoms with Gasteiger partial charge in [-0.05, 0) is 31.2 Å². The summed E-state index contributed by atoms with van der Waals surface area (Å²) in [5, 5.41) is 16.5. The highest BCUT2D eigenvalue weighted by Gasteiger charge is 2.21. The maximum atomic E-state index is 12.4. The fourth-order valence-electron chi connectivity index (χ4n) is 2.56. The van der Waals surface area contributed by atoms with Crippen molar-refractivity contribution in [1.82, 2.24) is 25.1 Å². The molecule has 2 N–H and O–H groups in total. The number of nitrogens with zero attached hydrogens (tertiary/aromatic N) is 4. The lowest BCUT2D eigenvalue weighted by molar-refractivity contribution is -0.115. The number of rotatable bonds is 10. The molecule has 0 spiro atoms. The normalized spacial score (nSPS) is 11.5. The zero-order valence-electron chi connectivity index (χ0n) is 17.1. The van der Waals surface area contributed by atoms with Crippen LogP contribution < -0.4 is 15.4 Å². The van der Waals surface area contributed by atoms with Gasteiger partial charge in [-0.15, -0.1) is 28.1 Å². The first-order valence-electron chi connectivity index (χ1n) is 9.34. The maximum Gasteiger partial charge on any atom is 0.251 e. The quantitative estimate of drug-likeness (QED) is 0.355. The summed E-state index contributed by atoms with van der Waals surface area (Å²) in [6.07, 6.45) is 3.34. The molecule has 0 aliphatic carbocycles. The molecule has 1 unspecified atom stereocenters. The molecule has 2 heterocycles. The molecular formula is C20H22N6O3S2. The molecular weight excluding hydrogens is 436 g/mol. The van der Waals surface area contributed by atoms with E-state index in [0.717, 1.165) is 0 Å². The maximum absolute atomic E-state index is 12.4. The molecule has 0 aliphatic rings. The first kappa shape index (κ1) is 22.5. The highest BCUT2D eigenvalue weighted by Crippen LogP contribution is 2.24. The standard InChI is InChI=1S/C20H22N6O3S2/c1-4-10-26-16(12-22-18(28)14-5-7-15(29-3)8-6-14)24-25-20(26)31-13(2)17(27)23-19-21-9-11-30-19/h4-9,11,13H,1,10,12H2,2-3H3,(H,22,28)(H,21,23,27). The van der Waals surface area contributed by atoms with Gasteiger partial charge in [0.05, 0.1) is 18.9 Å². The second kappa shape index (κ2) is 10.7. The number of carbonyl (C=O) groups is 2. The van der Waals surface area contributed by atoms with Crippen molar-refractivity contribution in [1.29, 1.82) is 0 Å². The van der Waals surface area contributed by atoms with E-state index in [-0.39, 0.29) is 18.4 Å². The highest BCUT2D eigenvalue weighted by atomic mass is 32.2. The van der Waals surface area contributed by atoms with Gasteiger partial charge in [0.15, 0.2) is 16.1 Å². The van der Waals surface area contributed by atoms with E-state index >= 15 is 0 Å². The van der Waals surface area contributed by atoms with Crippen molar-refractivity contribution in [3.63, 3.8) is 0 Å². The molecule has 0 aliphatic heterocycles. The first-order chi connectivity index (χ1) is 15.0. The SMILES string of the molecule is C=CCn1c(CNC(=O)c2ccc(OC)cc2)nnc1SC(C)C(=O)Nc1nccs1. The predicted molar refractivity (Wildman–Crippen MR) is 120 cm³/mol. The number of methoxy groups -OCH3 is 1. The van der Waals surface area contributed by atoms with E-state index in [9.17, 15) is 9.59 Å². The number of thiazole rings is 1. The summed E-state index contributed by atoms with van der Waals surface area (Å²) in [5.41, 5.74) is 0.512. The van der Waals surface area contributed by atoms with Gasteiger partial charge < -0.3 is 19.9 Å². The van der Waals surface area contributed by atoms with Gasteiger partial charge in [-0.3, -0.25) is 9.59 Å². The lowest BCUT2D eigenvalue weighted by Crippen LogP contribution is -2.25. The summed E-state index contributed by atoms with van der Waals surface area (Å²) in [4.78, 5) is 28.9. The van der Waals surface area contributed by atoms with Crippen molar-refractivity contribution in [2.45, 2.75) is 30.4 Å². The summed E-state index contributed by atoms with van der Waals surface area (Å²) in [6, 6.07) is 6.82. The zero-order valence-corrected chi connectivity index (χ0v) is 18.7. The van der Waals surface area contributed by atoms with Crippen LogP contribution in [0.2, 0.25) is 0 Å². The van der Waals surface area contributed by atoms with Crippen molar-refractivity contribution >= 4 is 40.0 Å². The minimum Gasteiger partial charge on any atom is -0.497 e. The lowest BCUT2D eigenvalue weighted by atomic mass is 10.2. The number of thioether (sulfide) groups is 1. The van der Waals surface area contributed by atoms with Gasteiger partial charge in [-0.1, -0.05) is 17.8 Å². The molecule has 0 radical (unpaired) electrons. The van der Waals surface area contributed by atoms with Crippen molar-refractivity contribution in [2.75, 3.05) is 12.4 Å². The van der Waals surface area contributed by atoms with Gasteiger partial charge in [-0.2, -0.15) is 0 Å². The molecule has 9 nitrogen and oxygen atoms in total. The zero-order chi connectivity index (χ0) is 22.2. The smallest absolute Gasteiger partial charge is 0.251 e. The number of aromatic nitrogens is 4. The fourth-order valence-corrected chi connectivity index (χ4v) is 3.97. The van der Waals surface area contributed by atoms with Gasteiger partial charge in [-0.25, -0.2) is 4.98 Å². The number of benzene rings is 1. The Morgan fingerprint density at radius 2 is 2.10 bits per heavy atom. The number of anilines is 1. The van der Waals surface area contributed by atoms with E-state index in [0.29, 0.717) is 34.0 Å². The van der Waals surface area contributed by atoms with Crippen LogP contribution in [-0.2, 0) is 17.9 Å². The van der Waals surface area contributed by atoms with Gasteiger partial charge >= 0.3 is 0 Å². The van der Waals surface area contributed by atoms with Gasteiger partial charge in [0.1, 0.15) is 5.75 Å². The van der Waals surface area contributed by atoms with Crippen LogP contribution in [-0.4, -0.2) is 43.9 Å². The number of amides is 2. The van der Waals surface area contributed by atoms with Crippen LogP contribution in [0, 0.1) is 0 Å². The first-order valence-corrected chi connectivity index (χ1v) is 11.1. The number of ether oxygens (including phenoxy) is 1. The molecule has 2 amide bonds. The van der Waals surface area contributed by atoms with Crippen LogP contribution in [0.1, 0.15) is 23.1 Å². The second-order valence-electron chi connectivity index (χ2n) is 6.30. The summed E-state index contributed by atoms with van der Waals surface area (Å²) in [6.45, 7) is 6.19. The van der Waals surface area contributed by atoms with E-state index in [2.05, 4.69) is 32.4 Å². The Morgan fingerprint density at radius 3 is 2.74 bits per heavy atom. The molecule has 0 saturated heterocycles. The third-order valence-electron chi connectivity index (χ3n) is 4.18. The number of hydrogen-bond acceptors (Lipinski definition) is 8. The molecule has 0 fully saturated rings. The Hall–Kier alpha value is -3.18. The number of hydrogen-bond donors (Lipinski definition) is 2. The molecule has 31 heavy (non-hydrogen) atoms.